The molecule has 12 N–H and O–H groups in total. The summed E-state index contributed by atoms with van der Waals surface area (Å²) in [7, 11) is 2.89. The third kappa shape index (κ3) is 13.9. The predicted molar refractivity (Wildman–Crippen MR) is 299 cm³/mol. The van der Waals surface area contributed by atoms with Crippen LogP contribution < -0.4 is 42.6 Å². The summed E-state index contributed by atoms with van der Waals surface area (Å²) in [6, 6.07) is 6.60. The molecule has 2 aromatic carbocycles. The number of aliphatic carboxylic acids is 1. The highest BCUT2D eigenvalue weighted by atomic mass is 32.2. The summed E-state index contributed by atoms with van der Waals surface area (Å²) in [4.78, 5) is 115. The average Bonchev–Trinajstić information content (AvgIpc) is 4.44. The van der Waals surface area contributed by atoms with E-state index in [4.69, 9.17) is 36.8 Å². The first-order chi connectivity index (χ1) is 39.1. The Balaban J connectivity index is 1.10. The van der Waals surface area contributed by atoms with Crippen LogP contribution in [0.15, 0.2) is 48.6 Å². The van der Waals surface area contributed by atoms with Crippen LogP contribution in [0.1, 0.15) is 86.2 Å². The van der Waals surface area contributed by atoms with Crippen molar-refractivity contribution in [1.82, 2.24) is 53.8 Å². The van der Waals surface area contributed by atoms with Gasteiger partial charge in [0.1, 0.15) is 52.2 Å². The molecule has 2 unspecified atom stereocenters. The summed E-state index contributed by atoms with van der Waals surface area (Å²) in [5, 5.41) is 46.4. The molecular formula is C52H66N16O13S. The van der Waals surface area contributed by atoms with Crippen molar-refractivity contribution in [1.29, 1.82) is 0 Å². The number of nitrogens with zero attached hydrogens (tertiary/aromatic N) is 10. The maximum atomic E-state index is 14.0. The molecule has 29 nitrogen and oxygen atoms in total. The zero-order valence-corrected chi connectivity index (χ0v) is 46.8. The van der Waals surface area contributed by atoms with Gasteiger partial charge < -0.3 is 56.0 Å². The molecule has 438 valence electrons. The van der Waals surface area contributed by atoms with Gasteiger partial charge in [-0.3, -0.25) is 68.6 Å². The number of thioether (sulfide) groups is 1. The Hall–Kier alpha value is -8.71. The molecule has 30 heteroatoms. The lowest BCUT2D eigenvalue weighted by Crippen LogP contribution is -2.51. The number of fused-ring (bicyclic) bond motifs is 2. The summed E-state index contributed by atoms with van der Waals surface area (Å²) in [6.45, 7) is 7.20. The van der Waals surface area contributed by atoms with E-state index in [1.54, 1.807) is 51.9 Å². The van der Waals surface area contributed by atoms with Gasteiger partial charge in [-0.1, -0.05) is 12.2 Å². The number of allylic oxidation sites excluding steroid dienone is 2. The number of imide groups is 1. The number of imidazole rings is 2. The van der Waals surface area contributed by atoms with Crippen LogP contribution in [0.2, 0.25) is 0 Å². The topological polar surface area (TPSA) is 408 Å². The van der Waals surface area contributed by atoms with Crippen molar-refractivity contribution in [2.75, 3.05) is 56.8 Å². The second kappa shape index (κ2) is 26.7. The number of aliphatic hydroxyl groups excluding tert-OH is 2. The molecular weight excluding hydrogens is 1090 g/mol. The van der Waals surface area contributed by atoms with E-state index in [1.807, 2.05) is 13.8 Å². The van der Waals surface area contributed by atoms with Gasteiger partial charge in [0.25, 0.3) is 11.8 Å². The molecule has 0 aliphatic carbocycles. The molecule has 5 heterocycles. The molecule has 7 amide bonds. The molecule has 1 aliphatic heterocycles. The van der Waals surface area contributed by atoms with Crippen molar-refractivity contribution in [2.45, 2.75) is 96.7 Å². The Kier molecular flexibility index (Phi) is 19.8. The van der Waals surface area contributed by atoms with E-state index in [9.17, 15) is 48.6 Å². The molecule has 0 bridgehead atoms. The smallest absolute Gasteiger partial charge is 0.321 e. The van der Waals surface area contributed by atoms with Crippen LogP contribution in [0.3, 0.4) is 0 Å². The van der Waals surface area contributed by atoms with Gasteiger partial charge >= 0.3 is 5.97 Å². The molecule has 4 atom stereocenters. The minimum Gasteiger partial charge on any atom is -0.494 e. The number of rotatable bonds is 29. The number of likely N-dealkylation sites (tertiary alicyclic amines) is 1. The normalized spacial score (nSPS) is 14.6. The van der Waals surface area contributed by atoms with Crippen molar-refractivity contribution in [3.05, 3.63) is 82.5 Å². The maximum Gasteiger partial charge on any atom is 0.321 e. The number of aromatic nitrogens is 8. The van der Waals surface area contributed by atoms with Crippen molar-refractivity contribution in [3.63, 3.8) is 0 Å². The lowest BCUT2D eigenvalue weighted by atomic mass is 10.1. The van der Waals surface area contributed by atoms with E-state index in [1.165, 1.54) is 48.0 Å². The number of carbonyl (C=O) groups excluding carboxylic acids is 7. The first-order valence-corrected chi connectivity index (χ1v) is 27.1. The summed E-state index contributed by atoms with van der Waals surface area (Å²) >= 11 is 0.957. The Bertz CT molecular complexity index is 3460. The number of hydrogen-bond acceptors (Lipinski definition) is 19. The van der Waals surface area contributed by atoms with Gasteiger partial charge in [0, 0.05) is 76.0 Å². The fraction of sp³-hybridized carbons (Fsp3) is 0.423. The Morgan fingerprint density at radius 3 is 1.85 bits per heavy atom. The summed E-state index contributed by atoms with van der Waals surface area (Å²) in [5.41, 5.74) is 20.2. The fourth-order valence-corrected chi connectivity index (χ4v) is 10.2. The minimum atomic E-state index is -1.43. The third-order valence-corrected chi connectivity index (χ3v) is 14.6. The van der Waals surface area contributed by atoms with Crippen LogP contribution in [0.4, 0.5) is 11.9 Å². The van der Waals surface area contributed by atoms with Gasteiger partial charge in [0.15, 0.2) is 0 Å². The quantitative estimate of drug-likeness (QED) is 0.0134. The number of methoxy groups -OCH3 is 1. The number of aryl methyl sites for hydroxylation is 4. The molecule has 0 saturated carbocycles. The zero-order chi connectivity index (χ0) is 59.7. The molecule has 6 aromatic rings. The summed E-state index contributed by atoms with van der Waals surface area (Å²) in [6.07, 6.45) is 1.94. The summed E-state index contributed by atoms with van der Waals surface area (Å²) in [5.74, 6) is -4.99. The van der Waals surface area contributed by atoms with Crippen LogP contribution >= 0.6 is 11.8 Å². The highest BCUT2D eigenvalue weighted by Crippen LogP contribution is 2.34. The second-order valence-corrected chi connectivity index (χ2v) is 20.3. The Labute approximate surface area is 473 Å². The van der Waals surface area contributed by atoms with Gasteiger partial charge in [0.05, 0.1) is 48.0 Å². The number of carboxylic acid groups (broad SMARTS) is 1. The highest BCUT2D eigenvalue weighted by molar-refractivity contribution is 8.00. The van der Waals surface area contributed by atoms with Crippen LogP contribution in [0, 0.1) is 13.8 Å². The predicted octanol–water partition coefficient (Wildman–Crippen LogP) is 0.562. The molecule has 82 heavy (non-hydrogen) atoms. The van der Waals surface area contributed by atoms with Crippen molar-refractivity contribution in [3.8, 4) is 11.5 Å². The number of aliphatic hydroxyl groups is 2. The van der Waals surface area contributed by atoms with Gasteiger partial charge in [-0.15, -0.1) is 11.8 Å². The van der Waals surface area contributed by atoms with Gasteiger partial charge in [-0.05, 0) is 70.5 Å². The number of primary amides is 2. The monoisotopic (exact) mass is 1150 g/mol. The van der Waals surface area contributed by atoms with Gasteiger partial charge in [-0.25, -0.2) is 9.97 Å². The van der Waals surface area contributed by atoms with E-state index in [0.717, 1.165) is 16.7 Å². The third-order valence-electron chi connectivity index (χ3n) is 13.2. The standard InChI is InChI=1S/C52H66N16O13S/c1-7-67-35(18-27(3)61-67)46(74)59-51-57-32-20-29(44(54)72)22-37(80-6)42(32)65(51)14-9-10-15-66-43-33(58-52(66)60-47(75)36-19-28(4)62-68(36)8-2)21-30(45(55)73)23-38(43)81-17-11-13-63(5)48(76)34(25-69)56-40(70)12-16-64-41(71)24-39(49(64)77)82-26-31(53)50(78)79/h9-10,18-23,31,34,39-40,56,69-70H,7-8,11-17,24-26,53H2,1-6H3,(H2,54,72)(H2,55,73)(H,78,79)(H,57,59,74)(H,58,60,75)/b10-9+/t31-,34-,39?,40?/m0/s1. The van der Waals surface area contributed by atoms with E-state index >= 15 is 0 Å². The van der Waals surface area contributed by atoms with E-state index in [2.05, 4.69) is 31.1 Å². The first-order valence-electron chi connectivity index (χ1n) is 26.0. The fourth-order valence-electron chi connectivity index (χ4n) is 9.12. The Morgan fingerprint density at radius 2 is 1.37 bits per heavy atom. The first kappa shape index (κ1) is 60.9. The maximum absolute atomic E-state index is 14.0. The molecule has 4 aromatic heterocycles. The number of nitrogens with two attached hydrogens (primary N) is 3. The van der Waals surface area contributed by atoms with E-state index in [0.29, 0.717) is 41.0 Å². The SMILES string of the molecule is CCn1nc(C)cc1C(=O)Nc1nc2cc(C(N)=O)cc(OC)c2n1C/C=C/Cn1c(NC(=O)c2cc(C)nn2CC)nc2cc(C(N)=O)cc(OCCCN(C)C(=O)[C@H](CO)NC(O)CCN3C(=O)CC(SC[C@H](N)C(=O)O)C3=O)c21. The van der Waals surface area contributed by atoms with Crippen LogP contribution in [0.25, 0.3) is 22.1 Å². The number of likely N-dealkylation sites (N-methyl/N-ethyl adjacent to an activating group) is 1. The highest BCUT2D eigenvalue weighted by Gasteiger charge is 2.39. The molecule has 0 radical (unpaired) electrons. The van der Waals surface area contributed by atoms with Crippen LogP contribution in [-0.4, -0.2) is 181 Å². The number of nitrogens with one attached hydrogen (secondary N) is 3. The number of carbonyl (C=O) groups is 8. The largest absolute Gasteiger partial charge is 0.494 e. The number of ether oxygens (including phenoxy) is 2. The number of anilines is 2. The lowest BCUT2D eigenvalue weighted by Gasteiger charge is -2.26. The average molecular weight is 1160 g/mol. The second-order valence-electron chi connectivity index (χ2n) is 19.1. The summed E-state index contributed by atoms with van der Waals surface area (Å²) < 4.78 is 18.4. The van der Waals surface area contributed by atoms with Crippen LogP contribution in [-0.2, 0) is 45.4 Å². The lowest BCUT2D eigenvalue weighted by molar-refractivity contribution is -0.140. The van der Waals surface area contributed by atoms with Gasteiger partial charge in [-0.2, -0.15) is 10.2 Å². The molecule has 1 fully saturated rings. The van der Waals surface area contributed by atoms with Gasteiger partial charge in [0.2, 0.25) is 41.4 Å². The van der Waals surface area contributed by atoms with Crippen molar-refractivity contribution >= 4 is 93.0 Å². The molecule has 1 saturated heterocycles. The Morgan fingerprint density at radius 1 is 0.841 bits per heavy atom. The van der Waals surface area contributed by atoms with Crippen molar-refractivity contribution < 1.29 is 63.1 Å². The van der Waals surface area contributed by atoms with E-state index < -0.39 is 77.5 Å². The molecule has 7 rings (SSSR count). The number of amides is 7. The van der Waals surface area contributed by atoms with E-state index in [-0.39, 0.29) is 109 Å². The molecule has 1 aliphatic rings. The minimum absolute atomic E-state index is 0.0172. The van der Waals surface area contributed by atoms with Crippen LogP contribution in [0.5, 0.6) is 11.5 Å². The number of benzene rings is 2. The number of hydrogen-bond donors (Lipinski definition) is 9. The number of carboxylic acids is 1. The zero-order valence-electron chi connectivity index (χ0n) is 46.0. The molecule has 0 spiro atoms. The van der Waals surface area contributed by atoms with Crippen molar-refractivity contribution in [2.24, 2.45) is 17.2 Å².